The van der Waals surface area contributed by atoms with Crippen LogP contribution in [0.1, 0.15) is 12.2 Å². The van der Waals surface area contributed by atoms with Crippen LogP contribution in [0.4, 0.5) is 4.79 Å². The van der Waals surface area contributed by atoms with Crippen molar-refractivity contribution in [2.45, 2.75) is 13.0 Å². The zero-order chi connectivity index (χ0) is 16.7. The first kappa shape index (κ1) is 16.3. The first-order chi connectivity index (χ1) is 11.1. The van der Waals surface area contributed by atoms with Gasteiger partial charge in [0.05, 0.1) is 20.1 Å². The Morgan fingerprint density at radius 3 is 2.65 bits per heavy atom. The van der Waals surface area contributed by atoms with Gasteiger partial charge in [0.15, 0.2) is 5.82 Å². The lowest BCUT2D eigenvalue weighted by atomic mass is 10.2. The van der Waals surface area contributed by atoms with Crippen molar-refractivity contribution >= 4 is 12.0 Å². The summed E-state index contributed by atoms with van der Waals surface area (Å²) in [5, 5.41) is 20.3. The van der Waals surface area contributed by atoms with E-state index in [2.05, 4.69) is 25.8 Å². The number of aliphatic carboxylic acids is 1. The third kappa shape index (κ3) is 4.99. The van der Waals surface area contributed by atoms with Crippen molar-refractivity contribution in [3.05, 3.63) is 30.1 Å². The Balaban J connectivity index is 1.84. The van der Waals surface area contributed by atoms with Crippen LogP contribution in [0.15, 0.2) is 24.3 Å². The molecule has 0 aliphatic heterocycles. The van der Waals surface area contributed by atoms with Crippen LogP contribution in [-0.2, 0) is 11.3 Å². The molecule has 1 aromatic heterocycles. The molecule has 2 rings (SSSR count). The molecule has 1 heterocycles. The van der Waals surface area contributed by atoms with E-state index >= 15 is 0 Å². The fraction of sp³-hybridized carbons (Fsp3) is 0.286. The number of ether oxygens (including phenoxy) is 1. The number of methoxy groups -OCH3 is 1. The molecule has 1 aromatic carbocycles. The summed E-state index contributed by atoms with van der Waals surface area (Å²) in [6.45, 7) is 0.219. The van der Waals surface area contributed by atoms with Crippen molar-refractivity contribution in [3.8, 4) is 17.1 Å². The second kappa shape index (κ2) is 7.78. The van der Waals surface area contributed by atoms with Gasteiger partial charge in [-0.2, -0.15) is 5.10 Å². The van der Waals surface area contributed by atoms with Crippen molar-refractivity contribution in [2.75, 3.05) is 13.7 Å². The molecule has 2 amide bonds. The van der Waals surface area contributed by atoms with Gasteiger partial charge in [-0.1, -0.05) is 0 Å². The highest BCUT2D eigenvalue weighted by molar-refractivity contribution is 5.74. The summed E-state index contributed by atoms with van der Waals surface area (Å²) in [5.41, 5.74) is 0.819. The van der Waals surface area contributed by atoms with E-state index in [0.29, 0.717) is 11.6 Å². The Kier molecular flexibility index (Phi) is 5.50. The maximum Gasteiger partial charge on any atom is 0.315 e. The van der Waals surface area contributed by atoms with E-state index < -0.39 is 12.0 Å². The molecule has 0 radical (unpaired) electrons. The van der Waals surface area contributed by atoms with E-state index in [9.17, 15) is 9.59 Å². The summed E-state index contributed by atoms with van der Waals surface area (Å²) in [5.74, 6) is 0.772. The van der Waals surface area contributed by atoms with Gasteiger partial charge in [0.1, 0.15) is 11.6 Å². The summed E-state index contributed by atoms with van der Waals surface area (Å²) >= 11 is 0. The average molecular weight is 319 g/mol. The largest absolute Gasteiger partial charge is 0.497 e. The molecule has 2 aromatic rings. The first-order valence-electron chi connectivity index (χ1n) is 6.87. The summed E-state index contributed by atoms with van der Waals surface area (Å²) in [7, 11) is 1.59. The van der Waals surface area contributed by atoms with Crippen molar-refractivity contribution < 1.29 is 19.4 Å². The van der Waals surface area contributed by atoms with Crippen LogP contribution in [0, 0.1) is 0 Å². The van der Waals surface area contributed by atoms with E-state index in [-0.39, 0.29) is 19.5 Å². The number of carboxylic acids is 1. The van der Waals surface area contributed by atoms with Gasteiger partial charge in [0.2, 0.25) is 0 Å². The second-order valence-corrected chi connectivity index (χ2v) is 4.59. The van der Waals surface area contributed by atoms with Crippen molar-refractivity contribution in [3.63, 3.8) is 0 Å². The van der Waals surface area contributed by atoms with Crippen molar-refractivity contribution in [1.82, 2.24) is 25.8 Å². The van der Waals surface area contributed by atoms with E-state index in [1.165, 1.54) is 0 Å². The fourth-order valence-electron chi connectivity index (χ4n) is 1.75. The number of carboxylic acid groups (broad SMARTS) is 1. The molecule has 0 bridgehead atoms. The van der Waals surface area contributed by atoms with E-state index in [1.54, 1.807) is 19.2 Å². The minimum atomic E-state index is -0.968. The monoisotopic (exact) mass is 319 g/mol. The standard InChI is InChI=1S/C14H17N5O4/c1-23-10-4-2-9(3-5-10)13-17-11(18-19-13)8-16-14(22)15-7-6-12(20)21/h2-5H,6-8H2,1H3,(H,20,21)(H2,15,16,22)(H,17,18,19). The third-order valence-electron chi connectivity index (χ3n) is 2.92. The molecular formula is C14H17N5O4. The minimum Gasteiger partial charge on any atom is -0.497 e. The third-order valence-corrected chi connectivity index (χ3v) is 2.92. The number of aromatic amines is 1. The number of hydrogen-bond acceptors (Lipinski definition) is 5. The van der Waals surface area contributed by atoms with Gasteiger partial charge in [-0.25, -0.2) is 9.78 Å². The minimum absolute atomic E-state index is 0.0642. The van der Waals surface area contributed by atoms with Gasteiger partial charge in [-0.3, -0.25) is 9.89 Å². The molecule has 122 valence electrons. The van der Waals surface area contributed by atoms with Gasteiger partial charge < -0.3 is 20.5 Å². The molecule has 9 heteroatoms. The number of aromatic nitrogens is 3. The molecule has 0 saturated carbocycles. The van der Waals surface area contributed by atoms with Crippen LogP contribution in [0.25, 0.3) is 11.4 Å². The number of nitrogens with zero attached hydrogens (tertiary/aromatic N) is 2. The quantitative estimate of drug-likeness (QED) is 0.596. The number of carbonyl (C=O) groups excluding carboxylic acids is 1. The lowest BCUT2D eigenvalue weighted by molar-refractivity contribution is -0.136. The molecule has 0 unspecified atom stereocenters. The first-order valence-corrected chi connectivity index (χ1v) is 6.87. The van der Waals surface area contributed by atoms with Gasteiger partial charge in [0.25, 0.3) is 0 Å². The molecule has 9 nitrogen and oxygen atoms in total. The fourth-order valence-corrected chi connectivity index (χ4v) is 1.75. The summed E-state index contributed by atoms with van der Waals surface area (Å²) in [4.78, 5) is 26.1. The lowest BCUT2D eigenvalue weighted by Gasteiger charge is -2.04. The highest BCUT2D eigenvalue weighted by atomic mass is 16.5. The van der Waals surface area contributed by atoms with Crippen LogP contribution >= 0.6 is 0 Å². The number of nitrogens with one attached hydrogen (secondary N) is 3. The Morgan fingerprint density at radius 1 is 1.26 bits per heavy atom. The van der Waals surface area contributed by atoms with Gasteiger partial charge >= 0.3 is 12.0 Å². The summed E-state index contributed by atoms with van der Waals surface area (Å²) < 4.78 is 5.08. The summed E-state index contributed by atoms with van der Waals surface area (Å²) in [6, 6.07) is 6.81. The van der Waals surface area contributed by atoms with Crippen LogP contribution in [0.3, 0.4) is 0 Å². The zero-order valence-corrected chi connectivity index (χ0v) is 12.5. The van der Waals surface area contributed by atoms with E-state index in [1.807, 2.05) is 12.1 Å². The molecular weight excluding hydrogens is 302 g/mol. The molecule has 0 fully saturated rings. The highest BCUT2D eigenvalue weighted by Gasteiger charge is 2.08. The Morgan fingerprint density at radius 2 is 2.00 bits per heavy atom. The number of urea groups is 1. The molecule has 23 heavy (non-hydrogen) atoms. The van der Waals surface area contributed by atoms with Crippen LogP contribution in [0.2, 0.25) is 0 Å². The van der Waals surface area contributed by atoms with E-state index in [0.717, 1.165) is 11.3 Å². The molecule has 0 spiro atoms. The number of carbonyl (C=O) groups is 2. The van der Waals surface area contributed by atoms with Crippen molar-refractivity contribution in [2.24, 2.45) is 0 Å². The average Bonchev–Trinajstić information content (AvgIpc) is 3.01. The number of benzene rings is 1. The smallest absolute Gasteiger partial charge is 0.315 e. The normalized spacial score (nSPS) is 10.1. The number of rotatable bonds is 7. The van der Waals surface area contributed by atoms with Crippen molar-refractivity contribution in [1.29, 1.82) is 0 Å². The van der Waals surface area contributed by atoms with Gasteiger partial charge in [0, 0.05) is 12.1 Å². The molecule has 0 aliphatic carbocycles. The predicted molar refractivity (Wildman–Crippen MR) is 80.9 cm³/mol. The molecule has 0 saturated heterocycles. The topological polar surface area (TPSA) is 129 Å². The van der Waals surface area contributed by atoms with E-state index in [4.69, 9.17) is 9.84 Å². The second-order valence-electron chi connectivity index (χ2n) is 4.59. The Labute approximate surface area is 132 Å². The maximum absolute atomic E-state index is 11.5. The number of H-pyrrole nitrogens is 1. The molecule has 4 N–H and O–H groups in total. The number of amides is 2. The van der Waals surface area contributed by atoms with Crippen LogP contribution in [-0.4, -0.2) is 45.9 Å². The van der Waals surface area contributed by atoms with Gasteiger partial charge in [-0.15, -0.1) is 0 Å². The van der Waals surface area contributed by atoms with Gasteiger partial charge in [-0.05, 0) is 24.3 Å². The Hall–Kier alpha value is -3.10. The SMILES string of the molecule is COc1ccc(-c2n[nH]c(CNC(=O)NCCC(=O)O)n2)cc1. The predicted octanol–water partition coefficient (Wildman–Crippen LogP) is 0.754. The van der Waals surface area contributed by atoms with Crippen LogP contribution < -0.4 is 15.4 Å². The molecule has 0 aliphatic rings. The zero-order valence-electron chi connectivity index (χ0n) is 12.5. The Bertz CT molecular complexity index is 668. The van der Waals surface area contributed by atoms with Crippen LogP contribution in [0.5, 0.6) is 5.75 Å². The number of hydrogen-bond donors (Lipinski definition) is 4. The molecule has 0 atom stereocenters. The maximum atomic E-state index is 11.5. The lowest BCUT2D eigenvalue weighted by Crippen LogP contribution is -2.36. The highest BCUT2D eigenvalue weighted by Crippen LogP contribution is 2.18. The summed E-state index contributed by atoms with van der Waals surface area (Å²) in [6.07, 6.45) is -0.128.